The van der Waals surface area contributed by atoms with Gasteiger partial charge in [-0.05, 0) is 42.3 Å². The highest BCUT2D eigenvalue weighted by Gasteiger charge is 2.30. The minimum atomic E-state index is -3.74. The highest BCUT2D eigenvalue weighted by Crippen LogP contribution is 2.34. The van der Waals surface area contributed by atoms with Gasteiger partial charge in [-0.15, -0.1) is 22.7 Å². The molecule has 0 unspecified atom stereocenters. The van der Waals surface area contributed by atoms with E-state index in [2.05, 4.69) is 10.3 Å². The van der Waals surface area contributed by atoms with E-state index < -0.39 is 20.9 Å². The summed E-state index contributed by atoms with van der Waals surface area (Å²) in [4.78, 5) is 28.1. The maximum Gasteiger partial charge on any atom is 0.280 e. The van der Waals surface area contributed by atoms with Crippen molar-refractivity contribution in [2.45, 2.75) is 11.3 Å². The normalized spacial score (nSPS) is 13.0. The van der Waals surface area contributed by atoms with E-state index in [0.717, 1.165) is 5.56 Å². The average Bonchev–Trinajstić information content (AvgIpc) is 3.58. The van der Waals surface area contributed by atoms with Gasteiger partial charge in [0.25, 0.3) is 21.6 Å². The third-order valence-corrected chi connectivity index (χ3v) is 8.85. The SMILES string of the molecule is O=C(Nc1nc(-c2cc([N+](=O)[O-])cs2)cs1)c1ccc(S(=O)(=O)N2CCc3ccccc32)cc1. The van der Waals surface area contributed by atoms with Crippen LogP contribution in [0.15, 0.2) is 70.3 Å². The number of nitrogens with one attached hydrogen (secondary N) is 1. The number of nitrogens with zero attached hydrogens (tertiary/aromatic N) is 3. The van der Waals surface area contributed by atoms with E-state index in [1.165, 1.54) is 62.7 Å². The Labute approximate surface area is 202 Å². The Morgan fingerprint density at radius 3 is 2.59 bits per heavy atom. The summed E-state index contributed by atoms with van der Waals surface area (Å²) in [6, 6.07) is 14.6. The minimum Gasteiger partial charge on any atom is -0.298 e. The Morgan fingerprint density at radius 1 is 1.09 bits per heavy atom. The van der Waals surface area contributed by atoms with Crippen molar-refractivity contribution in [2.24, 2.45) is 0 Å². The Balaban J connectivity index is 1.30. The molecule has 0 bridgehead atoms. The maximum atomic E-state index is 13.1. The second kappa shape index (κ2) is 8.63. The lowest BCUT2D eigenvalue weighted by Gasteiger charge is -2.19. The topological polar surface area (TPSA) is 123 Å². The van der Waals surface area contributed by atoms with Gasteiger partial charge in [0.2, 0.25) is 0 Å². The number of rotatable bonds is 6. The molecule has 0 aliphatic carbocycles. The first-order chi connectivity index (χ1) is 16.3. The smallest absolute Gasteiger partial charge is 0.280 e. The number of thiazole rings is 1. The maximum absolute atomic E-state index is 13.1. The van der Waals surface area contributed by atoms with Crippen molar-refractivity contribution in [3.63, 3.8) is 0 Å². The van der Waals surface area contributed by atoms with E-state index in [1.807, 2.05) is 18.2 Å². The number of aromatic nitrogens is 1. The molecule has 34 heavy (non-hydrogen) atoms. The molecule has 172 valence electrons. The summed E-state index contributed by atoms with van der Waals surface area (Å²) in [5.41, 5.74) is 2.48. The van der Waals surface area contributed by atoms with Crippen molar-refractivity contribution < 1.29 is 18.1 Å². The van der Waals surface area contributed by atoms with Crippen LogP contribution in [0.5, 0.6) is 0 Å². The summed E-state index contributed by atoms with van der Waals surface area (Å²) in [7, 11) is -3.74. The average molecular weight is 513 g/mol. The molecule has 3 heterocycles. The monoisotopic (exact) mass is 512 g/mol. The van der Waals surface area contributed by atoms with Crippen LogP contribution < -0.4 is 9.62 Å². The van der Waals surface area contributed by atoms with E-state index in [-0.39, 0.29) is 16.1 Å². The van der Waals surface area contributed by atoms with Gasteiger partial charge in [0.05, 0.1) is 31.5 Å². The molecule has 1 aliphatic rings. The molecule has 2 aromatic carbocycles. The first kappa shape index (κ1) is 22.2. The summed E-state index contributed by atoms with van der Waals surface area (Å²) in [5.74, 6) is -0.437. The molecule has 0 atom stereocenters. The van der Waals surface area contributed by atoms with Crippen molar-refractivity contribution in [2.75, 3.05) is 16.2 Å². The van der Waals surface area contributed by atoms with Crippen molar-refractivity contribution >= 4 is 55.1 Å². The van der Waals surface area contributed by atoms with Gasteiger partial charge in [-0.3, -0.25) is 24.5 Å². The van der Waals surface area contributed by atoms with Crippen LogP contribution in [0.4, 0.5) is 16.5 Å². The number of hydrogen-bond acceptors (Lipinski definition) is 8. The minimum absolute atomic E-state index is 0.00829. The summed E-state index contributed by atoms with van der Waals surface area (Å²) in [5, 5.41) is 17.0. The molecular formula is C22H16N4O5S3. The second-order valence-electron chi connectivity index (χ2n) is 7.40. The van der Waals surface area contributed by atoms with Crippen LogP contribution in [0, 0.1) is 10.1 Å². The van der Waals surface area contributed by atoms with E-state index in [0.29, 0.717) is 34.4 Å². The summed E-state index contributed by atoms with van der Waals surface area (Å²) in [6.07, 6.45) is 0.657. The zero-order valence-corrected chi connectivity index (χ0v) is 19.8. The van der Waals surface area contributed by atoms with Crippen LogP contribution in [0.1, 0.15) is 15.9 Å². The molecule has 5 rings (SSSR count). The lowest BCUT2D eigenvalue weighted by molar-refractivity contribution is -0.384. The third kappa shape index (κ3) is 4.06. The van der Waals surface area contributed by atoms with Crippen molar-refractivity contribution in [1.29, 1.82) is 0 Å². The predicted octanol–water partition coefficient (Wildman–Crippen LogP) is 4.78. The fraction of sp³-hybridized carbons (Fsp3) is 0.0909. The number of anilines is 2. The zero-order chi connectivity index (χ0) is 23.9. The summed E-state index contributed by atoms with van der Waals surface area (Å²) in [6.45, 7) is 0.379. The van der Waals surface area contributed by atoms with Gasteiger partial charge in [-0.25, -0.2) is 13.4 Å². The molecule has 0 radical (unpaired) electrons. The number of amides is 1. The lowest BCUT2D eigenvalue weighted by Crippen LogP contribution is -2.29. The lowest BCUT2D eigenvalue weighted by atomic mass is 10.2. The van der Waals surface area contributed by atoms with Crippen LogP contribution in [0.25, 0.3) is 10.6 Å². The number of para-hydroxylation sites is 1. The van der Waals surface area contributed by atoms with Crippen molar-refractivity contribution in [3.8, 4) is 10.6 Å². The highest BCUT2D eigenvalue weighted by molar-refractivity contribution is 7.92. The largest absolute Gasteiger partial charge is 0.298 e. The Bertz CT molecular complexity index is 1510. The highest BCUT2D eigenvalue weighted by atomic mass is 32.2. The van der Waals surface area contributed by atoms with Gasteiger partial charge in [-0.2, -0.15) is 0 Å². The number of fused-ring (bicyclic) bond motifs is 1. The van der Waals surface area contributed by atoms with Crippen molar-refractivity contribution in [3.05, 3.63) is 86.6 Å². The Morgan fingerprint density at radius 2 is 1.85 bits per heavy atom. The predicted molar refractivity (Wildman–Crippen MR) is 131 cm³/mol. The number of carbonyl (C=O) groups excluding carboxylic acids is 1. The third-order valence-electron chi connectivity index (χ3n) is 5.32. The summed E-state index contributed by atoms with van der Waals surface area (Å²) < 4.78 is 27.6. The van der Waals surface area contributed by atoms with Gasteiger partial charge < -0.3 is 0 Å². The van der Waals surface area contributed by atoms with Gasteiger partial charge in [0.15, 0.2) is 5.13 Å². The summed E-state index contributed by atoms with van der Waals surface area (Å²) >= 11 is 2.39. The molecule has 0 saturated carbocycles. The molecule has 1 aliphatic heterocycles. The van der Waals surface area contributed by atoms with Crippen LogP contribution in [0.3, 0.4) is 0 Å². The molecular weight excluding hydrogens is 496 g/mol. The molecule has 0 saturated heterocycles. The molecule has 4 aromatic rings. The Hall–Kier alpha value is -3.61. The number of sulfonamides is 1. The fourth-order valence-electron chi connectivity index (χ4n) is 3.63. The van der Waals surface area contributed by atoms with Crippen LogP contribution in [-0.4, -0.2) is 30.8 Å². The van der Waals surface area contributed by atoms with Gasteiger partial charge in [-0.1, -0.05) is 18.2 Å². The van der Waals surface area contributed by atoms with Gasteiger partial charge >= 0.3 is 0 Å². The number of nitro groups is 1. The standard InChI is InChI=1S/C22H16N4O5S3/c27-21(24-22-23-18(13-33-22)20-11-16(12-32-20)26(28)29)15-5-7-17(8-6-15)34(30,31)25-10-9-14-3-1-2-4-19(14)25/h1-8,11-13H,9-10H2,(H,23,24,27). The van der Waals surface area contributed by atoms with Crippen molar-refractivity contribution in [1.82, 2.24) is 4.98 Å². The fourth-order valence-corrected chi connectivity index (χ4v) is 6.73. The molecule has 0 spiro atoms. The number of hydrogen-bond donors (Lipinski definition) is 1. The van der Waals surface area contributed by atoms with Gasteiger partial charge in [0, 0.05) is 23.6 Å². The van der Waals surface area contributed by atoms with Crippen LogP contribution in [-0.2, 0) is 16.4 Å². The molecule has 9 nitrogen and oxygen atoms in total. The van der Waals surface area contributed by atoms with E-state index in [4.69, 9.17) is 0 Å². The molecule has 12 heteroatoms. The number of benzene rings is 2. The molecule has 1 N–H and O–H groups in total. The molecule has 2 aromatic heterocycles. The second-order valence-corrected chi connectivity index (χ2v) is 11.0. The van der Waals surface area contributed by atoms with Crippen LogP contribution >= 0.6 is 22.7 Å². The van der Waals surface area contributed by atoms with Gasteiger partial charge in [0.1, 0.15) is 0 Å². The molecule has 0 fully saturated rings. The van der Waals surface area contributed by atoms with E-state index in [1.54, 1.807) is 11.4 Å². The zero-order valence-electron chi connectivity index (χ0n) is 17.4. The van der Waals surface area contributed by atoms with E-state index >= 15 is 0 Å². The quantitative estimate of drug-likeness (QED) is 0.293. The molecule has 1 amide bonds. The first-order valence-corrected chi connectivity index (χ1v) is 13.2. The Kier molecular flexibility index (Phi) is 5.63. The number of carbonyl (C=O) groups is 1. The van der Waals surface area contributed by atoms with E-state index in [9.17, 15) is 23.3 Å². The van der Waals surface area contributed by atoms with Crippen LogP contribution in [0.2, 0.25) is 0 Å². The first-order valence-electron chi connectivity index (χ1n) is 10.0. The number of thiophene rings is 1.